The van der Waals surface area contributed by atoms with Gasteiger partial charge in [-0.3, -0.25) is 0 Å². The molecule has 2 aromatic carbocycles. The highest BCUT2D eigenvalue weighted by atomic mass is 127. The minimum absolute atomic E-state index is 0.400. The summed E-state index contributed by atoms with van der Waals surface area (Å²) >= 11 is 10.2. The standard InChI is InChI=1S/C15H15ClIN3S/c1-20(14-9-12(21-2)6-7-13(14)16)15(18)19-11-5-3-4-10(17)8-11/h3-9H,1-2H3,(H2,18,19). The minimum Gasteiger partial charge on any atom is -0.369 e. The number of nitrogens with two attached hydrogens (primary N) is 1. The Kier molecular flexibility index (Phi) is 5.78. The Morgan fingerprint density at radius 2 is 2.05 bits per heavy atom. The lowest BCUT2D eigenvalue weighted by Crippen LogP contribution is -2.33. The van der Waals surface area contributed by atoms with Gasteiger partial charge in [-0.2, -0.15) is 0 Å². The predicted octanol–water partition coefficient (Wildman–Crippen LogP) is 4.75. The molecule has 0 fully saturated rings. The quantitative estimate of drug-likeness (QED) is 0.330. The molecule has 2 rings (SSSR count). The molecule has 0 spiro atoms. The molecule has 2 aromatic rings. The first-order valence-corrected chi connectivity index (χ1v) is 8.86. The maximum Gasteiger partial charge on any atom is 0.200 e. The van der Waals surface area contributed by atoms with E-state index in [1.165, 1.54) is 0 Å². The summed E-state index contributed by atoms with van der Waals surface area (Å²) in [6, 6.07) is 13.7. The Morgan fingerprint density at radius 1 is 1.29 bits per heavy atom. The van der Waals surface area contributed by atoms with Crippen molar-refractivity contribution in [2.24, 2.45) is 10.7 Å². The highest BCUT2D eigenvalue weighted by molar-refractivity contribution is 14.1. The molecule has 0 aliphatic carbocycles. The average molecular weight is 432 g/mol. The van der Waals surface area contributed by atoms with Gasteiger partial charge in [0.05, 0.1) is 16.4 Å². The molecule has 0 saturated heterocycles. The van der Waals surface area contributed by atoms with Gasteiger partial charge in [0.2, 0.25) is 5.96 Å². The monoisotopic (exact) mass is 431 g/mol. The van der Waals surface area contributed by atoms with E-state index in [2.05, 4.69) is 27.6 Å². The first-order valence-electron chi connectivity index (χ1n) is 6.18. The summed E-state index contributed by atoms with van der Waals surface area (Å²) in [6.45, 7) is 0. The molecule has 21 heavy (non-hydrogen) atoms. The predicted molar refractivity (Wildman–Crippen MR) is 102 cm³/mol. The molecule has 3 nitrogen and oxygen atoms in total. The van der Waals surface area contributed by atoms with E-state index in [0.717, 1.165) is 19.8 Å². The number of guanidine groups is 1. The SMILES string of the molecule is CSc1ccc(Cl)c(N(C)C(N)=Nc2cccc(I)c2)c1. The molecule has 6 heteroatoms. The van der Waals surface area contributed by atoms with Gasteiger partial charge >= 0.3 is 0 Å². The summed E-state index contributed by atoms with van der Waals surface area (Å²) in [6.07, 6.45) is 2.02. The van der Waals surface area contributed by atoms with Crippen LogP contribution < -0.4 is 10.6 Å². The second-order valence-electron chi connectivity index (χ2n) is 4.33. The van der Waals surface area contributed by atoms with Gasteiger partial charge in [-0.25, -0.2) is 4.99 Å². The zero-order chi connectivity index (χ0) is 15.4. The Morgan fingerprint density at radius 3 is 2.71 bits per heavy atom. The van der Waals surface area contributed by atoms with E-state index in [0.29, 0.717) is 11.0 Å². The zero-order valence-corrected chi connectivity index (χ0v) is 15.4. The molecular weight excluding hydrogens is 417 g/mol. The van der Waals surface area contributed by atoms with E-state index in [1.807, 2.05) is 55.8 Å². The molecule has 0 amide bonds. The van der Waals surface area contributed by atoms with Crippen molar-refractivity contribution < 1.29 is 0 Å². The second-order valence-corrected chi connectivity index (χ2v) is 6.86. The van der Waals surface area contributed by atoms with Gasteiger partial charge in [-0.05, 0) is 65.2 Å². The minimum atomic E-state index is 0.400. The van der Waals surface area contributed by atoms with Crippen molar-refractivity contribution in [3.8, 4) is 0 Å². The van der Waals surface area contributed by atoms with E-state index in [-0.39, 0.29) is 0 Å². The molecule has 0 aliphatic rings. The van der Waals surface area contributed by atoms with Gasteiger partial charge < -0.3 is 10.6 Å². The molecule has 0 bridgehead atoms. The molecule has 0 aliphatic heterocycles. The van der Waals surface area contributed by atoms with Crippen LogP contribution in [0.4, 0.5) is 11.4 Å². The highest BCUT2D eigenvalue weighted by Gasteiger charge is 2.10. The molecular formula is C15H15ClIN3S. The van der Waals surface area contributed by atoms with Crippen LogP contribution in [0, 0.1) is 3.57 Å². The van der Waals surface area contributed by atoms with Gasteiger partial charge in [0.1, 0.15) is 0 Å². The van der Waals surface area contributed by atoms with Crippen molar-refractivity contribution in [1.29, 1.82) is 0 Å². The smallest absolute Gasteiger partial charge is 0.200 e. The third-order valence-electron chi connectivity index (χ3n) is 2.91. The number of hydrogen-bond donors (Lipinski definition) is 1. The van der Waals surface area contributed by atoms with Crippen molar-refractivity contribution in [2.45, 2.75) is 4.90 Å². The van der Waals surface area contributed by atoms with Crippen LogP contribution in [0.25, 0.3) is 0 Å². The Labute approximate surface area is 147 Å². The van der Waals surface area contributed by atoms with Crippen LogP contribution in [0.5, 0.6) is 0 Å². The topological polar surface area (TPSA) is 41.6 Å². The maximum atomic E-state index is 6.26. The Balaban J connectivity index is 2.32. The zero-order valence-electron chi connectivity index (χ0n) is 11.7. The molecule has 0 radical (unpaired) electrons. The Bertz CT molecular complexity index is 676. The summed E-state index contributed by atoms with van der Waals surface area (Å²) in [4.78, 5) is 7.36. The fraction of sp³-hybridized carbons (Fsp3) is 0.133. The van der Waals surface area contributed by atoms with Crippen molar-refractivity contribution in [3.63, 3.8) is 0 Å². The van der Waals surface area contributed by atoms with Crippen molar-refractivity contribution in [2.75, 3.05) is 18.2 Å². The highest BCUT2D eigenvalue weighted by Crippen LogP contribution is 2.30. The lowest BCUT2D eigenvalue weighted by atomic mass is 10.3. The largest absolute Gasteiger partial charge is 0.369 e. The number of thioether (sulfide) groups is 1. The second kappa shape index (κ2) is 7.38. The molecule has 0 heterocycles. The molecule has 0 unspecified atom stereocenters. The van der Waals surface area contributed by atoms with Gasteiger partial charge in [-0.1, -0.05) is 17.7 Å². The van der Waals surface area contributed by atoms with Crippen LogP contribution >= 0.6 is 46.0 Å². The van der Waals surface area contributed by atoms with Crippen LogP contribution in [0.3, 0.4) is 0 Å². The summed E-state index contributed by atoms with van der Waals surface area (Å²) in [5.41, 5.74) is 7.77. The van der Waals surface area contributed by atoms with E-state index in [1.54, 1.807) is 16.7 Å². The number of hydrogen-bond acceptors (Lipinski definition) is 2. The van der Waals surface area contributed by atoms with E-state index in [4.69, 9.17) is 17.3 Å². The van der Waals surface area contributed by atoms with Crippen LogP contribution in [0.15, 0.2) is 52.4 Å². The molecule has 110 valence electrons. The fourth-order valence-corrected chi connectivity index (χ4v) is 2.96. The van der Waals surface area contributed by atoms with E-state index < -0.39 is 0 Å². The third kappa shape index (κ3) is 4.28. The Hall–Kier alpha value is -0.920. The van der Waals surface area contributed by atoms with Crippen LogP contribution in [-0.4, -0.2) is 19.3 Å². The summed E-state index contributed by atoms with van der Waals surface area (Å²) in [5.74, 6) is 0.400. The van der Waals surface area contributed by atoms with Crippen LogP contribution in [-0.2, 0) is 0 Å². The normalized spacial score (nSPS) is 11.5. The lowest BCUT2D eigenvalue weighted by molar-refractivity contribution is 1.20. The van der Waals surface area contributed by atoms with Crippen LogP contribution in [0.1, 0.15) is 0 Å². The van der Waals surface area contributed by atoms with Gasteiger partial charge in [0, 0.05) is 15.5 Å². The molecule has 0 saturated carbocycles. The van der Waals surface area contributed by atoms with E-state index in [9.17, 15) is 0 Å². The van der Waals surface area contributed by atoms with Crippen molar-refractivity contribution >= 4 is 63.3 Å². The number of nitrogens with zero attached hydrogens (tertiary/aromatic N) is 2. The summed E-state index contributed by atoms with van der Waals surface area (Å²) in [5, 5.41) is 0.649. The van der Waals surface area contributed by atoms with Gasteiger partial charge in [0.25, 0.3) is 0 Å². The van der Waals surface area contributed by atoms with Crippen LogP contribution in [0.2, 0.25) is 5.02 Å². The number of benzene rings is 2. The average Bonchev–Trinajstić information content (AvgIpc) is 2.47. The maximum absolute atomic E-state index is 6.26. The lowest BCUT2D eigenvalue weighted by Gasteiger charge is -2.20. The first kappa shape index (κ1) is 16.5. The van der Waals surface area contributed by atoms with E-state index >= 15 is 0 Å². The number of aliphatic imine (C=N–C) groups is 1. The number of halogens is 2. The van der Waals surface area contributed by atoms with Crippen molar-refractivity contribution in [1.82, 2.24) is 0 Å². The van der Waals surface area contributed by atoms with Gasteiger partial charge in [0.15, 0.2) is 0 Å². The summed E-state index contributed by atoms with van der Waals surface area (Å²) < 4.78 is 1.12. The number of anilines is 1. The first-order chi connectivity index (χ1) is 10.0. The summed E-state index contributed by atoms with van der Waals surface area (Å²) in [7, 11) is 1.86. The molecule has 0 atom stereocenters. The van der Waals surface area contributed by atoms with Gasteiger partial charge in [-0.15, -0.1) is 11.8 Å². The third-order valence-corrected chi connectivity index (χ3v) is 4.63. The fourth-order valence-electron chi connectivity index (χ4n) is 1.75. The van der Waals surface area contributed by atoms with Crippen molar-refractivity contribution in [3.05, 3.63) is 51.1 Å². The molecule has 0 aromatic heterocycles. The number of rotatable bonds is 3. The molecule has 2 N–H and O–H groups in total.